The number of aliphatic imine (C=N–C) groups is 1. The van der Waals surface area contributed by atoms with E-state index in [0.717, 1.165) is 57.4 Å². The molecule has 0 saturated carbocycles. The van der Waals surface area contributed by atoms with E-state index in [0.29, 0.717) is 12.1 Å². The Balaban J connectivity index is 1.29. The van der Waals surface area contributed by atoms with Crippen molar-refractivity contribution in [3.63, 3.8) is 0 Å². The molecule has 0 amide bonds. The zero-order valence-electron chi connectivity index (χ0n) is 19.9. The second-order valence-corrected chi connectivity index (χ2v) is 8.93. The first-order valence-electron chi connectivity index (χ1n) is 11.9. The quantitative estimate of drug-likeness (QED) is 0.375. The standard InChI is InChI=1S/C24H42N6O/c1-20(2)29-14-10-21(11-15-29)27-24(25-3)26-12-5-13-28-16-18-30(19-17-28)22-6-8-23(31-4)9-7-22/h6-9,20-21H,5,10-19H2,1-4H3,(H2,25,26,27). The van der Waals surface area contributed by atoms with Gasteiger partial charge in [-0.1, -0.05) is 0 Å². The van der Waals surface area contributed by atoms with E-state index in [9.17, 15) is 0 Å². The lowest BCUT2D eigenvalue weighted by Crippen LogP contribution is -2.50. The van der Waals surface area contributed by atoms with Gasteiger partial charge in [0, 0.05) is 70.6 Å². The van der Waals surface area contributed by atoms with Crippen LogP contribution in [0.15, 0.2) is 29.3 Å². The number of ether oxygens (including phenoxy) is 1. The molecule has 7 heteroatoms. The molecular formula is C24H42N6O. The number of piperazine rings is 1. The van der Waals surface area contributed by atoms with Crippen molar-refractivity contribution in [3.8, 4) is 5.75 Å². The highest BCUT2D eigenvalue weighted by molar-refractivity contribution is 5.79. The molecule has 1 aromatic carbocycles. The maximum atomic E-state index is 5.26. The number of guanidine groups is 1. The molecule has 2 heterocycles. The molecule has 0 radical (unpaired) electrons. The summed E-state index contributed by atoms with van der Waals surface area (Å²) in [6, 6.07) is 9.58. The highest BCUT2D eigenvalue weighted by Crippen LogP contribution is 2.20. The van der Waals surface area contributed by atoms with Gasteiger partial charge in [0.1, 0.15) is 5.75 Å². The van der Waals surface area contributed by atoms with Crippen LogP contribution in [-0.2, 0) is 0 Å². The van der Waals surface area contributed by atoms with Crippen molar-refractivity contribution in [3.05, 3.63) is 24.3 Å². The molecule has 3 rings (SSSR count). The van der Waals surface area contributed by atoms with E-state index in [1.807, 2.05) is 19.2 Å². The SMILES string of the molecule is CN=C(NCCCN1CCN(c2ccc(OC)cc2)CC1)NC1CCN(C(C)C)CC1. The molecule has 2 fully saturated rings. The van der Waals surface area contributed by atoms with Crippen molar-refractivity contribution in [1.82, 2.24) is 20.4 Å². The molecule has 0 bridgehead atoms. The van der Waals surface area contributed by atoms with E-state index < -0.39 is 0 Å². The van der Waals surface area contributed by atoms with E-state index >= 15 is 0 Å². The lowest BCUT2D eigenvalue weighted by molar-refractivity contribution is 0.167. The highest BCUT2D eigenvalue weighted by Gasteiger charge is 2.21. The number of likely N-dealkylation sites (tertiary alicyclic amines) is 1. The van der Waals surface area contributed by atoms with E-state index in [1.165, 1.54) is 31.6 Å². The van der Waals surface area contributed by atoms with Crippen molar-refractivity contribution in [2.24, 2.45) is 4.99 Å². The van der Waals surface area contributed by atoms with Crippen LogP contribution in [0.2, 0.25) is 0 Å². The van der Waals surface area contributed by atoms with E-state index in [4.69, 9.17) is 4.74 Å². The number of piperidine rings is 1. The minimum atomic E-state index is 0.534. The van der Waals surface area contributed by atoms with Crippen LogP contribution in [0.1, 0.15) is 33.1 Å². The number of methoxy groups -OCH3 is 1. The second kappa shape index (κ2) is 12.2. The summed E-state index contributed by atoms with van der Waals surface area (Å²) in [6.45, 7) is 13.4. The minimum Gasteiger partial charge on any atom is -0.497 e. The molecule has 0 aromatic heterocycles. The van der Waals surface area contributed by atoms with Crippen LogP contribution < -0.4 is 20.3 Å². The van der Waals surface area contributed by atoms with Crippen LogP contribution in [0.5, 0.6) is 5.75 Å². The molecule has 7 nitrogen and oxygen atoms in total. The Morgan fingerprint density at radius 1 is 1.06 bits per heavy atom. The predicted octanol–water partition coefficient (Wildman–Crippen LogP) is 2.25. The van der Waals surface area contributed by atoms with Gasteiger partial charge < -0.3 is 25.2 Å². The summed E-state index contributed by atoms with van der Waals surface area (Å²) in [7, 11) is 3.58. The fourth-order valence-electron chi connectivity index (χ4n) is 4.48. The summed E-state index contributed by atoms with van der Waals surface area (Å²) in [6.07, 6.45) is 3.52. The Bertz CT molecular complexity index is 661. The molecule has 2 N–H and O–H groups in total. The van der Waals surface area contributed by atoms with Gasteiger partial charge in [-0.05, 0) is 63.9 Å². The Morgan fingerprint density at radius 3 is 2.32 bits per heavy atom. The maximum absolute atomic E-state index is 5.26. The van der Waals surface area contributed by atoms with Gasteiger partial charge in [0.25, 0.3) is 0 Å². The van der Waals surface area contributed by atoms with Crippen molar-refractivity contribution in [1.29, 1.82) is 0 Å². The van der Waals surface area contributed by atoms with Crippen LogP contribution in [0.4, 0.5) is 5.69 Å². The summed E-state index contributed by atoms with van der Waals surface area (Å²) >= 11 is 0. The summed E-state index contributed by atoms with van der Waals surface area (Å²) in [5.74, 6) is 1.87. The number of nitrogens with zero attached hydrogens (tertiary/aromatic N) is 4. The molecule has 0 aliphatic carbocycles. The van der Waals surface area contributed by atoms with Gasteiger partial charge in [-0.3, -0.25) is 9.89 Å². The normalized spacial score (nSPS) is 19.6. The largest absolute Gasteiger partial charge is 0.497 e. The van der Waals surface area contributed by atoms with Crippen LogP contribution in [0, 0.1) is 0 Å². The molecule has 174 valence electrons. The minimum absolute atomic E-state index is 0.534. The van der Waals surface area contributed by atoms with Crippen LogP contribution in [0.25, 0.3) is 0 Å². The first-order chi connectivity index (χ1) is 15.1. The van der Waals surface area contributed by atoms with Gasteiger partial charge in [-0.25, -0.2) is 0 Å². The lowest BCUT2D eigenvalue weighted by Gasteiger charge is -2.36. The van der Waals surface area contributed by atoms with Gasteiger partial charge in [-0.15, -0.1) is 0 Å². The molecule has 0 atom stereocenters. The Morgan fingerprint density at radius 2 is 1.74 bits per heavy atom. The van der Waals surface area contributed by atoms with Gasteiger partial charge in [0.2, 0.25) is 0 Å². The highest BCUT2D eigenvalue weighted by atomic mass is 16.5. The third-order valence-corrected chi connectivity index (χ3v) is 6.58. The summed E-state index contributed by atoms with van der Waals surface area (Å²) in [4.78, 5) is 12.0. The van der Waals surface area contributed by atoms with Gasteiger partial charge in [0.15, 0.2) is 5.96 Å². The third-order valence-electron chi connectivity index (χ3n) is 6.58. The Kier molecular flexibility index (Phi) is 9.28. The fourth-order valence-corrected chi connectivity index (χ4v) is 4.48. The average Bonchev–Trinajstić information content (AvgIpc) is 2.81. The average molecular weight is 431 g/mol. The number of rotatable bonds is 8. The van der Waals surface area contributed by atoms with Crippen LogP contribution in [0.3, 0.4) is 0 Å². The summed E-state index contributed by atoms with van der Waals surface area (Å²) < 4.78 is 5.26. The number of nitrogens with one attached hydrogen (secondary N) is 2. The molecule has 2 saturated heterocycles. The fraction of sp³-hybridized carbons (Fsp3) is 0.708. The van der Waals surface area contributed by atoms with E-state index in [1.54, 1.807) is 7.11 Å². The summed E-state index contributed by atoms with van der Waals surface area (Å²) in [5.41, 5.74) is 1.29. The lowest BCUT2D eigenvalue weighted by atomic mass is 10.0. The first kappa shape index (κ1) is 23.7. The predicted molar refractivity (Wildman–Crippen MR) is 130 cm³/mol. The molecule has 31 heavy (non-hydrogen) atoms. The molecule has 2 aliphatic rings. The zero-order chi connectivity index (χ0) is 22.1. The second-order valence-electron chi connectivity index (χ2n) is 8.93. The zero-order valence-corrected chi connectivity index (χ0v) is 19.9. The van der Waals surface area contributed by atoms with Crippen molar-refractivity contribution < 1.29 is 4.74 Å². The topological polar surface area (TPSA) is 55.4 Å². The number of hydrogen-bond donors (Lipinski definition) is 2. The van der Waals surface area contributed by atoms with Crippen molar-refractivity contribution in [2.45, 2.75) is 45.2 Å². The van der Waals surface area contributed by atoms with Crippen molar-refractivity contribution in [2.75, 3.05) is 71.4 Å². The first-order valence-corrected chi connectivity index (χ1v) is 11.9. The number of hydrogen-bond acceptors (Lipinski definition) is 5. The van der Waals surface area contributed by atoms with Gasteiger partial charge in [0.05, 0.1) is 7.11 Å². The number of anilines is 1. The molecule has 0 unspecified atom stereocenters. The van der Waals surface area contributed by atoms with Crippen LogP contribution in [-0.4, -0.2) is 94.4 Å². The molecular weight excluding hydrogens is 388 g/mol. The molecule has 0 spiro atoms. The van der Waals surface area contributed by atoms with Gasteiger partial charge in [-0.2, -0.15) is 0 Å². The Hall–Kier alpha value is -1.99. The summed E-state index contributed by atoms with van der Waals surface area (Å²) in [5, 5.41) is 7.13. The monoisotopic (exact) mass is 430 g/mol. The third kappa shape index (κ3) is 7.28. The smallest absolute Gasteiger partial charge is 0.191 e. The Labute approximate surface area is 188 Å². The number of benzene rings is 1. The van der Waals surface area contributed by atoms with E-state index in [-0.39, 0.29) is 0 Å². The van der Waals surface area contributed by atoms with E-state index in [2.05, 4.69) is 56.3 Å². The van der Waals surface area contributed by atoms with Crippen LogP contribution >= 0.6 is 0 Å². The molecule has 1 aromatic rings. The van der Waals surface area contributed by atoms with Gasteiger partial charge >= 0.3 is 0 Å². The molecule has 2 aliphatic heterocycles. The maximum Gasteiger partial charge on any atom is 0.191 e. The van der Waals surface area contributed by atoms with Crippen molar-refractivity contribution >= 4 is 11.6 Å².